The van der Waals surface area contributed by atoms with E-state index in [1.807, 2.05) is 0 Å². The molecule has 0 radical (unpaired) electrons. The lowest BCUT2D eigenvalue weighted by Gasteiger charge is -2.38. The Balaban J connectivity index is 1.46. The molecule has 9 atom stereocenters. The minimum atomic E-state index is -2.13. The number of nitrogens with zero attached hydrogens (tertiary/aromatic N) is 2. The molecule has 5 aliphatic rings. The summed E-state index contributed by atoms with van der Waals surface area (Å²) in [7, 11) is 1.41. The van der Waals surface area contributed by atoms with Crippen LogP contribution in [0.25, 0.3) is 0 Å². The number of rotatable bonds is 4. The summed E-state index contributed by atoms with van der Waals surface area (Å²) in [5, 5.41) is 37.2. The van der Waals surface area contributed by atoms with Crippen molar-refractivity contribution in [3.63, 3.8) is 0 Å². The molecule has 2 aromatic rings. The molecule has 0 spiro atoms. The highest BCUT2D eigenvalue weighted by Gasteiger charge is 2.53. The van der Waals surface area contributed by atoms with Gasteiger partial charge in [-0.1, -0.05) is 45.9 Å². The van der Waals surface area contributed by atoms with Crippen LogP contribution in [0.15, 0.2) is 70.3 Å². The standard InChI is InChI=1S/C46H55N3O14/c1-22-12-10-13-23(2)44(57)47-34-35(48-16-18-49(19-17-48)45(58)30-14-11-20-60-30)40(55)31-32(39(34)54)38(53)27(6)42-33(31)43(56)46(8,63-42)61-21-15-29(59-9)24(3)41(62-28(7)50)26(5)37(52)25(4)36(22)51/h10-15,20-22,24-26,29,36-37,41,51-53H,16-19H2,1-9H3,(H,47,57). The van der Waals surface area contributed by atoms with Gasteiger partial charge in [-0.05, 0) is 32.1 Å². The van der Waals surface area contributed by atoms with Crippen LogP contribution in [0.4, 0.5) is 0 Å². The lowest BCUT2D eigenvalue weighted by molar-refractivity contribution is -0.160. The van der Waals surface area contributed by atoms with Crippen molar-refractivity contribution < 1.29 is 67.5 Å². The minimum Gasteiger partial charge on any atom is -0.507 e. The normalized spacial score (nSPS) is 29.6. The molecule has 5 bridgehead atoms. The molecule has 0 saturated carbocycles. The summed E-state index contributed by atoms with van der Waals surface area (Å²) in [6.07, 6.45) is 4.61. The second-order valence-electron chi connectivity index (χ2n) is 16.8. The number of piperazine rings is 1. The molecule has 1 aromatic heterocycles. The van der Waals surface area contributed by atoms with Gasteiger partial charge in [-0.15, -0.1) is 0 Å². The molecule has 17 nitrogen and oxygen atoms in total. The van der Waals surface area contributed by atoms with Gasteiger partial charge in [0.15, 0.2) is 5.76 Å². The van der Waals surface area contributed by atoms with E-state index < -0.39 is 106 Å². The molecule has 1 aliphatic carbocycles. The molecule has 4 aliphatic heterocycles. The van der Waals surface area contributed by atoms with Crippen molar-refractivity contribution >= 4 is 35.1 Å². The number of phenols is 1. The van der Waals surface area contributed by atoms with Gasteiger partial charge in [0.25, 0.3) is 17.6 Å². The summed E-state index contributed by atoms with van der Waals surface area (Å²) in [5.74, 6) is -9.85. The number of Topliss-reactive ketones (excluding diaryl/α,β-unsaturated/α-hetero) is 3. The number of aliphatic hydroxyl groups is 2. The van der Waals surface area contributed by atoms with Gasteiger partial charge in [0.2, 0.25) is 11.6 Å². The van der Waals surface area contributed by atoms with E-state index >= 15 is 0 Å². The molecule has 5 heterocycles. The van der Waals surface area contributed by atoms with Crippen LogP contribution in [-0.4, -0.2) is 124 Å². The lowest BCUT2D eigenvalue weighted by atomic mass is 9.78. The smallest absolute Gasteiger partial charge is 0.312 e. The molecule has 17 heteroatoms. The lowest BCUT2D eigenvalue weighted by Crippen LogP contribution is -2.51. The number of hydrogen-bond acceptors (Lipinski definition) is 15. The third-order valence-corrected chi connectivity index (χ3v) is 12.5. The fourth-order valence-corrected chi connectivity index (χ4v) is 8.67. The number of aromatic hydroxyl groups is 1. The van der Waals surface area contributed by atoms with Crippen molar-refractivity contribution in [3.8, 4) is 11.5 Å². The second-order valence-corrected chi connectivity index (χ2v) is 16.8. The van der Waals surface area contributed by atoms with Gasteiger partial charge in [0.05, 0.1) is 47.5 Å². The number of furan rings is 1. The largest absolute Gasteiger partial charge is 0.507 e. The molecule has 1 saturated heterocycles. The van der Waals surface area contributed by atoms with Gasteiger partial charge in [0.1, 0.15) is 29.0 Å². The SMILES string of the molecule is COC1C=COC2(C)Oc3c(C)c(O)c4c(c3C2=O)C(=O)C(N2CCN(C(=O)c3ccco3)CC2)=C(NC(=O)C(C)=CC=CC(C)C(O)C(C)C(O)C(C)C(OC(C)=O)C1C)C4=O. The van der Waals surface area contributed by atoms with Gasteiger partial charge in [-0.25, -0.2) is 0 Å². The molecular weight excluding hydrogens is 819 g/mol. The Labute approximate surface area is 365 Å². The summed E-state index contributed by atoms with van der Waals surface area (Å²) in [6.45, 7) is 12.5. The van der Waals surface area contributed by atoms with Crippen LogP contribution in [-0.2, 0) is 23.8 Å². The quantitative estimate of drug-likeness (QED) is 0.318. The molecule has 63 heavy (non-hydrogen) atoms. The van der Waals surface area contributed by atoms with Crippen molar-refractivity contribution in [1.29, 1.82) is 0 Å². The number of phenolic OH excluding ortho intramolecular Hbond substituents is 1. The maximum absolute atomic E-state index is 15.0. The number of hydrogen-bond donors (Lipinski definition) is 4. The molecular formula is C46H55N3O14. The van der Waals surface area contributed by atoms with Gasteiger partial charge >= 0.3 is 11.8 Å². The first-order valence-corrected chi connectivity index (χ1v) is 20.9. The number of methoxy groups -OCH3 is 1. The molecule has 2 amide bonds. The van der Waals surface area contributed by atoms with Crippen LogP contribution in [0.1, 0.15) is 95.7 Å². The molecule has 1 aromatic carbocycles. The molecule has 338 valence electrons. The number of allylic oxidation sites excluding steroid dienone is 4. The number of benzene rings is 1. The zero-order chi connectivity index (χ0) is 46.2. The fraction of sp³-hybridized carbons (Fsp3) is 0.478. The second kappa shape index (κ2) is 18.4. The first kappa shape index (κ1) is 46.5. The molecule has 7 rings (SSSR count). The van der Waals surface area contributed by atoms with E-state index in [4.69, 9.17) is 23.4 Å². The van der Waals surface area contributed by atoms with Crippen LogP contribution in [0, 0.1) is 30.6 Å². The minimum absolute atomic E-state index is 0.0344. The Hall–Kier alpha value is -6.04. The first-order valence-electron chi connectivity index (χ1n) is 20.9. The van der Waals surface area contributed by atoms with E-state index in [2.05, 4.69) is 5.32 Å². The number of nitrogens with one attached hydrogen (secondary N) is 1. The third-order valence-electron chi connectivity index (χ3n) is 12.5. The van der Waals surface area contributed by atoms with Crippen molar-refractivity contribution in [3.05, 3.63) is 93.9 Å². The van der Waals surface area contributed by atoms with E-state index in [1.54, 1.807) is 50.8 Å². The van der Waals surface area contributed by atoms with E-state index in [-0.39, 0.29) is 66.0 Å². The Morgan fingerprint density at radius 1 is 0.905 bits per heavy atom. The van der Waals surface area contributed by atoms with Crippen molar-refractivity contribution in [1.82, 2.24) is 15.1 Å². The Morgan fingerprint density at radius 3 is 2.21 bits per heavy atom. The van der Waals surface area contributed by atoms with Crippen LogP contribution < -0.4 is 10.1 Å². The third kappa shape index (κ3) is 8.69. The highest BCUT2D eigenvalue weighted by Crippen LogP contribution is 2.49. The predicted octanol–water partition coefficient (Wildman–Crippen LogP) is 4.01. The van der Waals surface area contributed by atoms with E-state index in [0.717, 1.165) is 6.26 Å². The fourth-order valence-electron chi connectivity index (χ4n) is 8.67. The van der Waals surface area contributed by atoms with Gasteiger partial charge in [0, 0.05) is 81.9 Å². The number of ether oxygens (including phenoxy) is 4. The van der Waals surface area contributed by atoms with E-state index in [1.165, 1.54) is 64.2 Å². The highest BCUT2D eigenvalue weighted by atomic mass is 16.7. The number of aliphatic hydroxyl groups excluding tert-OH is 2. The van der Waals surface area contributed by atoms with Crippen LogP contribution >= 0.6 is 0 Å². The Bertz CT molecular complexity index is 2300. The van der Waals surface area contributed by atoms with E-state index in [9.17, 15) is 44.1 Å². The van der Waals surface area contributed by atoms with Gasteiger partial charge in [-0.3, -0.25) is 28.8 Å². The van der Waals surface area contributed by atoms with Crippen molar-refractivity contribution in [2.45, 2.75) is 85.6 Å². The number of esters is 1. The van der Waals surface area contributed by atoms with Gasteiger partial charge in [-0.2, -0.15) is 0 Å². The van der Waals surface area contributed by atoms with Crippen LogP contribution in [0.5, 0.6) is 11.5 Å². The Morgan fingerprint density at radius 2 is 1.59 bits per heavy atom. The van der Waals surface area contributed by atoms with Crippen LogP contribution in [0.2, 0.25) is 0 Å². The van der Waals surface area contributed by atoms with Gasteiger partial charge < -0.3 is 53.8 Å². The summed E-state index contributed by atoms with van der Waals surface area (Å²) in [6, 6.07) is 3.11. The Kier molecular flexibility index (Phi) is 13.5. The zero-order valence-electron chi connectivity index (χ0n) is 36.8. The zero-order valence-corrected chi connectivity index (χ0v) is 36.8. The van der Waals surface area contributed by atoms with Crippen molar-refractivity contribution in [2.24, 2.45) is 23.7 Å². The van der Waals surface area contributed by atoms with Crippen molar-refractivity contribution in [2.75, 3.05) is 33.3 Å². The molecule has 1 fully saturated rings. The topological polar surface area (TPSA) is 232 Å². The average Bonchev–Trinajstić information content (AvgIpc) is 3.89. The molecule has 4 N–H and O–H groups in total. The number of amides is 2. The summed E-state index contributed by atoms with van der Waals surface area (Å²) >= 11 is 0. The monoisotopic (exact) mass is 873 g/mol. The number of carbonyl (C=O) groups excluding carboxylic acids is 6. The maximum atomic E-state index is 15.0. The summed E-state index contributed by atoms with van der Waals surface area (Å²) in [4.78, 5) is 86.7. The summed E-state index contributed by atoms with van der Waals surface area (Å²) in [5.41, 5.74) is -1.88. The van der Waals surface area contributed by atoms with Crippen LogP contribution in [0.3, 0.4) is 0 Å². The highest BCUT2D eigenvalue weighted by molar-refractivity contribution is 6.32. The number of ketones is 3. The first-order chi connectivity index (χ1) is 29.7. The average molecular weight is 874 g/mol. The summed E-state index contributed by atoms with van der Waals surface area (Å²) < 4.78 is 28.9. The number of fused-ring (bicyclic) bond motifs is 14. The maximum Gasteiger partial charge on any atom is 0.312 e. The van der Waals surface area contributed by atoms with E-state index in [0.29, 0.717) is 0 Å². The molecule has 9 unspecified atom stereocenters. The number of carbonyl (C=O) groups is 6. The predicted molar refractivity (Wildman–Crippen MR) is 224 cm³/mol.